The lowest BCUT2D eigenvalue weighted by molar-refractivity contribution is -0.180. The molecule has 0 radical (unpaired) electrons. The maximum atomic E-state index is 12.7. The van der Waals surface area contributed by atoms with Crippen LogP contribution in [-0.2, 0) is 9.53 Å². The highest BCUT2D eigenvalue weighted by Gasteiger charge is 2.46. The summed E-state index contributed by atoms with van der Waals surface area (Å²) in [5, 5.41) is 0. The summed E-state index contributed by atoms with van der Waals surface area (Å²) in [7, 11) is 0. The molecule has 0 saturated carbocycles. The minimum atomic E-state index is -4.63. The Kier molecular flexibility index (Phi) is 3.93. The second-order valence-electron chi connectivity index (χ2n) is 3.14. The monoisotopic (exact) mass is 232 g/mol. The van der Waals surface area contributed by atoms with Crippen LogP contribution in [0.15, 0.2) is 30.3 Å². The van der Waals surface area contributed by atoms with E-state index in [-0.39, 0.29) is 12.2 Å². The van der Waals surface area contributed by atoms with Gasteiger partial charge in [-0.1, -0.05) is 30.3 Å². The Morgan fingerprint density at radius 1 is 1.31 bits per heavy atom. The summed E-state index contributed by atoms with van der Waals surface area (Å²) >= 11 is 0. The van der Waals surface area contributed by atoms with Crippen LogP contribution in [0.25, 0.3) is 0 Å². The third-order valence-corrected chi connectivity index (χ3v) is 1.98. The first-order chi connectivity index (χ1) is 7.46. The number of esters is 1. The van der Waals surface area contributed by atoms with E-state index in [0.29, 0.717) is 0 Å². The summed E-state index contributed by atoms with van der Waals surface area (Å²) in [6.07, 6.45) is -4.63. The van der Waals surface area contributed by atoms with Gasteiger partial charge in [0.25, 0.3) is 0 Å². The van der Waals surface area contributed by atoms with E-state index in [0.717, 1.165) is 0 Å². The first kappa shape index (κ1) is 12.5. The van der Waals surface area contributed by atoms with Crippen LogP contribution in [0.2, 0.25) is 0 Å². The van der Waals surface area contributed by atoms with Gasteiger partial charge in [-0.15, -0.1) is 0 Å². The van der Waals surface area contributed by atoms with Crippen molar-refractivity contribution in [2.45, 2.75) is 19.0 Å². The van der Waals surface area contributed by atoms with Crippen LogP contribution in [0.5, 0.6) is 0 Å². The van der Waals surface area contributed by atoms with Crippen LogP contribution >= 0.6 is 0 Å². The zero-order chi connectivity index (χ0) is 12.2. The third-order valence-electron chi connectivity index (χ3n) is 1.98. The smallest absolute Gasteiger partial charge is 0.406 e. The van der Waals surface area contributed by atoms with Crippen LogP contribution in [0.4, 0.5) is 13.2 Å². The summed E-state index contributed by atoms with van der Waals surface area (Å²) in [5.74, 6) is -3.46. The number of carbonyl (C=O) groups is 1. The number of carbonyl (C=O) groups excluding carboxylic acids is 1. The quantitative estimate of drug-likeness (QED) is 0.749. The first-order valence-corrected chi connectivity index (χ1v) is 4.75. The molecule has 0 aliphatic heterocycles. The summed E-state index contributed by atoms with van der Waals surface area (Å²) in [6, 6.07) is 7.01. The normalized spacial score (nSPS) is 13.2. The van der Waals surface area contributed by atoms with Gasteiger partial charge < -0.3 is 4.74 Å². The Morgan fingerprint density at radius 2 is 1.88 bits per heavy atom. The van der Waals surface area contributed by atoms with Gasteiger partial charge in [0.15, 0.2) is 5.92 Å². The molecule has 0 saturated heterocycles. The molecule has 0 spiro atoms. The van der Waals surface area contributed by atoms with Gasteiger partial charge in [-0.3, -0.25) is 4.79 Å². The van der Waals surface area contributed by atoms with E-state index < -0.39 is 18.1 Å². The molecule has 0 aliphatic rings. The van der Waals surface area contributed by atoms with Gasteiger partial charge in [-0.05, 0) is 12.5 Å². The van der Waals surface area contributed by atoms with Crippen LogP contribution < -0.4 is 0 Å². The molecular weight excluding hydrogens is 221 g/mol. The Hall–Kier alpha value is -1.52. The van der Waals surface area contributed by atoms with Crippen molar-refractivity contribution in [1.82, 2.24) is 0 Å². The lowest BCUT2D eigenvalue weighted by Crippen LogP contribution is -2.30. The Bertz CT molecular complexity index is 346. The van der Waals surface area contributed by atoms with Crippen molar-refractivity contribution in [2.75, 3.05) is 6.61 Å². The van der Waals surface area contributed by atoms with E-state index in [1.54, 1.807) is 6.07 Å². The van der Waals surface area contributed by atoms with Crippen molar-refractivity contribution in [1.29, 1.82) is 0 Å². The SMILES string of the molecule is CCOC(=O)C(c1ccccc1)C(F)(F)F. The van der Waals surface area contributed by atoms with E-state index in [1.165, 1.54) is 31.2 Å². The van der Waals surface area contributed by atoms with E-state index in [1.807, 2.05) is 0 Å². The molecule has 2 nitrogen and oxygen atoms in total. The zero-order valence-electron chi connectivity index (χ0n) is 8.62. The lowest BCUT2D eigenvalue weighted by atomic mass is 9.99. The van der Waals surface area contributed by atoms with E-state index in [9.17, 15) is 18.0 Å². The van der Waals surface area contributed by atoms with Gasteiger partial charge in [0.1, 0.15) is 0 Å². The third kappa shape index (κ3) is 2.98. The molecule has 0 aromatic heterocycles. The largest absolute Gasteiger partial charge is 0.465 e. The number of hydrogen-bond donors (Lipinski definition) is 0. The van der Waals surface area contributed by atoms with Crippen LogP contribution in [0, 0.1) is 0 Å². The Balaban J connectivity index is 3.02. The summed E-state index contributed by atoms with van der Waals surface area (Å²) in [4.78, 5) is 11.2. The molecule has 0 bridgehead atoms. The molecule has 1 rings (SSSR count). The van der Waals surface area contributed by atoms with Crippen LogP contribution in [0.3, 0.4) is 0 Å². The zero-order valence-corrected chi connectivity index (χ0v) is 8.62. The molecule has 16 heavy (non-hydrogen) atoms. The fraction of sp³-hybridized carbons (Fsp3) is 0.364. The Labute approximate surface area is 91.0 Å². The molecule has 5 heteroatoms. The van der Waals surface area contributed by atoms with Gasteiger partial charge in [0, 0.05) is 0 Å². The summed E-state index contributed by atoms with van der Waals surface area (Å²) in [6.45, 7) is 1.40. The van der Waals surface area contributed by atoms with E-state index >= 15 is 0 Å². The predicted molar refractivity (Wildman–Crippen MR) is 51.9 cm³/mol. The number of alkyl halides is 3. The van der Waals surface area contributed by atoms with Gasteiger partial charge in [0.05, 0.1) is 6.61 Å². The number of hydrogen-bond acceptors (Lipinski definition) is 2. The van der Waals surface area contributed by atoms with Crippen molar-refractivity contribution < 1.29 is 22.7 Å². The van der Waals surface area contributed by atoms with Crippen molar-refractivity contribution in [2.24, 2.45) is 0 Å². The Morgan fingerprint density at radius 3 is 2.31 bits per heavy atom. The highest BCUT2D eigenvalue weighted by Crippen LogP contribution is 2.35. The van der Waals surface area contributed by atoms with Crippen molar-refractivity contribution in [3.05, 3.63) is 35.9 Å². The second-order valence-corrected chi connectivity index (χ2v) is 3.14. The maximum absolute atomic E-state index is 12.7. The molecule has 0 N–H and O–H groups in total. The maximum Gasteiger partial charge on any atom is 0.406 e. The predicted octanol–water partition coefficient (Wildman–Crippen LogP) is 2.90. The molecular formula is C11H11F3O2. The molecule has 0 heterocycles. The van der Waals surface area contributed by atoms with Gasteiger partial charge in [-0.25, -0.2) is 0 Å². The molecule has 88 valence electrons. The molecule has 0 amide bonds. The van der Waals surface area contributed by atoms with Crippen LogP contribution in [0.1, 0.15) is 18.4 Å². The van der Waals surface area contributed by atoms with Gasteiger partial charge in [-0.2, -0.15) is 13.2 Å². The fourth-order valence-corrected chi connectivity index (χ4v) is 1.33. The topological polar surface area (TPSA) is 26.3 Å². The number of ether oxygens (including phenoxy) is 1. The van der Waals surface area contributed by atoms with E-state index in [4.69, 9.17) is 0 Å². The molecule has 1 unspecified atom stereocenters. The fourth-order valence-electron chi connectivity index (χ4n) is 1.33. The summed E-state index contributed by atoms with van der Waals surface area (Å²) in [5.41, 5.74) is -0.103. The average molecular weight is 232 g/mol. The molecule has 1 atom stereocenters. The number of rotatable bonds is 3. The van der Waals surface area contributed by atoms with Gasteiger partial charge >= 0.3 is 12.1 Å². The highest BCUT2D eigenvalue weighted by atomic mass is 19.4. The first-order valence-electron chi connectivity index (χ1n) is 4.75. The molecule has 1 aromatic rings. The van der Waals surface area contributed by atoms with Crippen molar-refractivity contribution >= 4 is 5.97 Å². The second kappa shape index (κ2) is 5.01. The van der Waals surface area contributed by atoms with E-state index in [2.05, 4.69) is 4.74 Å². The van der Waals surface area contributed by atoms with Crippen LogP contribution in [-0.4, -0.2) is 18.8 Å². The molecule has 1 aromatic carbocycles. The minimum absolute atomic E-state index is 0.0712. The highest BCUT2D eigenvalue weighted by molar-refractivity contribution is 5.79. The molecule has 0 aliphatic carbocycles. The summed E-state index contributed by atoms with van der Waals surface area (Å²) < 4.78 is 42.5. The number of benzene rings is 1. The standard InChI is InChI=1S/C11H11F3O2/c1-2-16-10(15)9(11(12,13)14)8-6-4-3-5-7-8/h3-7,9H,2H2,1H3. The minimum Gasteiger partial charge on any atom is -0.465 e. The molecule has 0 fully saturated rings. The van der Waals surface area contributed by atoms with Crippen molar-refractivity contribution in [3.63, 3.8) is 0 Å². The number of halogens is 3. The van der Waals surface area contributed by atoms with Gasteiger partial charge in [0.2, 0.25) is 0 Å². The lowest BCUT2D eigenvalue weighted by Gasteiger charge is -2.18. The average Bonchev–Trinajstić information content (AvgIpc) is 2.17. The van der Waals surface area contributed by atoms with Crippen molar-refractivity contribution in [3.8, 4) is 0 Å².